The van der Waals surface area contributed by atoms with Crippen molar-refractivity contribution in [2.24, 2.45) is 0 Å². The van der Waals surface area contributed by atoms with Gasteiger partial charge in [0.25, 0.3) is 5.91 Å². The minimum absolute atomic E-state index is 0.00469. The number of amides is 1. The molecule has 0 unspecified atom stereocenters. The highest BCUT2D eigenvalue weighted by Crippen LogP contribution is 2.33. The summed E-state index contributed by atoms with van der Waals surface area (Å²) in [4.78, 5) is 17.8. The van der Waals surface area contributed by atoms with Crippen LogP contribution in [0.2, 0.25) is 5.02 Å². The van der Waals surface area contributed by atoms with Crippen molar-refractivity contribution in [3.05, 3.63) is 132 Å². The Morgan fingerprint density at radius 3 is 2.22 bits per heavy atom. The molecule has 1 fully saturated rings. The number of nitrogens with zero attached hydrogens (tertiary/aromatic N) is 3. The predicted molar refractivity (Wildman–Crippen MR) is 152 cm³/mol. The second kappa shape index (κ2) is 12.7. The van der Waals surface area contributed by atoms with E-state index in [-0.39, 0.29) is 11.7 Å². The number of anilines is 1. The number of halogens is 2. The molecule has 190 valence electrons. The molecular weight excluding hydrogens is 505 g/mol. The lowest BCUT2D eigenvalue weighted by molar-refractivity contribution is 0.0672. The third kappa shape index (κ3) is 6.85. The lowest BCUT2D eigenvalue weighted by Crippen LogP contribution is -2.48. The summed E-state index contributed by atoms with van der Waals surface area (Å²) in [6.07, 6.45) is 5.49. The van der Waals surface area contributed by atoms with Gasteiger partial charge in [0, 0.05) is 48.1 Å². The molecule has 0 radical (unpaired) electrons. The molecule has 1 aliphatic heterocycles. The van der Waals surface area contributed by atoms with E-state index < -0.39 is 0 Å². The van der Waals surface area contributed by atoms with Gasteiger partial charge in [-0.2, -0.15) is 0 Å². The zero-order valence-electron chi connectivity index (χ0n) is 20.5. The van der Waals surface area contributed by atoms with Gasteiger partial charge in [-0.05, 0) is 78.2 Å². The van der Waals surface area contributed by atoms with Crippen LogP contribution in [0.3, 0.4) is 0 Å². The SMILES string of the molecule is C=C/C=C(\C=C)N1CCN(C(=O)c2ccc(N(Cc3ccc(Cl)cc3)Sc3ccccc3F)cc2)CC1. The van der Waals surface area contributed by atoms with Gasteiger partial charge in [0.05, 0.1) is 11.4 Å². The van der Waals surface area contributed by atoms with Gasteiger partial charge in [-0.1, -0.05) is 55.1 Å². The van der Waals surface area contributed by atoms with E-state index in [9.17, 15) is 9.18 Å². The van der Waals surface area contributed by atoms with E-state index in [4.69, 9.17) is 11.6 Å². The molecule has 0 N–H and O–H groups in total. The molecule has 7 heteroatoms. The number of allylic oxidation sites excluding steroid dienone is 3. The minimum atomic E-state index is -0.276. The van der Waals surface area contributed by atoms with Gasteiger partial charge in [0.2, 0.25) is 0 Å². The number of benzene rings is 3. The molecular formula is C30H29ClFN3OS. The van der Waals surface area contributed by atoms with Crippen molar-refractivity contribution in [2.45, 2.75) is 11.4 Å². The summed E-state index contributed by atoms with van der Waals surface area (Å²) < 4.78 is 16.5. The molecule has 0 aromatic heterocycles. The third-order valence-corrected chi connectivity index (χ3v) is 7.46. The lowest BCUT2D eigenvalue weighted by Gasteiger charge is -2.36. The van der Waals surface area contributed by atoms with Crippen LogP contribution in [0.5, 0.6) is 0 Å². The van der Waals surface area contributed by atoms with E-state index in [1.54, 1.807) is 18.2 Å². The zero-order chi connectivity index (χ0) is 26.2. The zero-order valence-corrected chi connectivity index (χ0v) is 22.1. The first-order valence-corrected chi connectivity index (χ1v) is 13.2. The van der Waals surface area contributed by atoms with Crippen LogP contribution in [0.15, 0.2) is 115 Å². The van der Waals surface area contributed by atoms with Gasteiger partial charge in [0.1, 0.15) is 5.82 Å². The quantitative estimate of drug-likeness (QED) is 0.214. The average Bonchev–Trinajstić information content (AvgIpc) is 2.93. The molecule has 1 amide bonds. The maximum Gasteiger partial charge on any atom is 0.253 e. The smallest absolute Gasteiger partial charge is 0.253 e. The third-order valence-electron chi connectivity index (χ3n) is 6.12. The molecule has 37 heavy (non-hydrogen) atoms. The summed E-state index contributed by atoms with van der Waals surface area (Å²) in [5.41, 5.74) is 3.55. The molecule has 0 aliphatic carbocycles. The molecule has 0 spiro atoms. The van der Waals surface area contributed by atoms with Gasteiger partial charge in [0.15, 0.2) is 0 Å². The Bertz CT molecular complexity index is 1270. The maximum absolute atomic E-state index is 14.4. The minimum Gasteiger partial charge on any atom is -0.368 e. The van der Waals surface area contributed by atoms with E-state index in [0.717, 1.165) is 30.0 Å². The van der Waals surface area contributed by atoms with Crippen molar-refractivity contribution >= 4 is 35.1 Å². The molecule has 4 nitrogen and oxygen atoms in total. The highest BCUT2D eigenvalue weighted by Gasteiger charge is 2.23. The van der Waals surface area contributed by atoms with Gasteiger partial charge >= 0.3 is 0 Å². The second-order valence-electron chi connectivity index (χ2n) is 8.54. The second-order valence-corrected chi connectivity index (χ2v) is 10.0. The topological polar surface area (TPSA) is 26.8 Å². The normalized spacial score (nSPS) is 13.8. The van der Waals surface area contributed by atoms with E-state index in [1.165, 1.54) is 18.0 Å². The Labute approximate surface area is 227 Å². The Hall–Kier alpha value is -3.48. The number of piperazine rings is 1. The first-order chi connectivity index (χ1) is 18.0. The summed E-state index contributed by atoms with van der Waals surface area (Å²) in [7, 11) is 0. The van der Waals surface area contributed by atoms with Crippen LogP contribution in [-0.2, 0) is 6.54 Å². The number of rotatable bonds is 9. The summed E-state index contributed by atoms with van der Waals surface area (Å²) in [5, 5.41) is 0.665. The number of carbonyl (C=O) groups is 1. The van der Waals surface area contributed by atoms with Crippen LogP contribution < -0.4 is 4.31 Å². The lowest BCUT2D eigenvalue weighted by atomic mass is 10.1. The Balaban J connectivity index is 1.48. The van der Waals surface area contributed by atoms with Gasteiger partial charge in [-0.3, -0.25) is 4.79 Å². The van der Waals surface area contributed by atoms with E-state index >= 15 is 0 Å². The highest BCUT2D eigenvalue weighted by atomic mass is 35.5. The first kappa shape index (κ1) is 26.6. The Morgan fingerprint density at radius 1 is 0.946 bits per heavy atom. The maximum atomic E-state index is 14.4. The first-order valence-electron chi connectivity index (χ1n) is 12.0. The molecule has 0 bridgehead atoms. The van der Waals surface area contributed by atoms with Crippen LogP contribution in [-0.4, -0.2) is 41.9 Å². The highest BCUT2D eigenvalue weighted by molar-refractivity contribution is 8.00. The molecule has 1 saturated heterocycles. The van der Waals surface area contributed by atoms with Crippen LogP contribution in [0, 0.1) is 5.82 Å². The fourth-order valence-corrected chi connectivity index (χ4v) is 5.21. The van der Waals surface area contributed by atoms with Crippen molar-refractivity contribution in [3.8, 4) is 0 Å². The van der Waals surface area contributed by atoms with Crippen LogP contribution in [0.25, 0.3) is 0 Å². The van der Waals surface area contributed by atoms with E-state index in [0.29, 0.717) is 35.1 Å². The largest absolute Gasteiger partial charge is 0.368 e. The summed E-state index contributed by atoms with van der Waals surface area (Å²) in [5.74, 6) is -0.271. The van der Waals surface area contributed by atoms with E-state index in [1.807, 2.05) is 76.0 Å². The Morgan fingerprint density at radius 2 is 1.59 bits per heavy atom. The van der Waals surface area contributed by atoms with Crippen LogP contribution in [0.4, 0.5) is 10.1 Å². The van der Waals surface area contributed by atoms with E-state index in [2.05, 4.69) is 18.1 Å². The van der Waals surface area contributed by atoms with Gasteiger partial charge in [-0.15, -0.1) is 0 Å². The monoisotopic (exact) mass is 533 g/mol. The average molecular weight is 534 g/mol. The number of carbonyl (C=O) groups excluding carboxylic acids is 1. The number of hydrogen-bond acceptors (Lipinski definition) is 4. The van der Waals surface area contributed by atoms with Gasteiger partial charge < -0.3 is 14.1 Å². The molecule has 1 heterocycles. The summed E-state index contributed by atoms with van der Waals surface area (Å²) in [6, 6.07) is 21.8. The fourth-order valence-electron chi connectivity index (χ4n) is 4.11. The predicted octanol–water partition coefficient (Wildman–Crippen LogP) is 7.21. The van der Waals surface area contributed by atoms with Gasteiger partial charge in [-0.25, -0.2) is 4.39 Å². The summed E-state index contributed by atoms with van der Waals surface area (Å²) in [6.45, 7) is 10.9. The molecule has 3 aromatic rings. The van der Waals surface area contributed by atoms with Crippen molar-refractivity contribution in [3.63, 3.8) is 0 Å². The molecule has 1 aliphatic rings. The molecule has 0 saturated carbocycles. The van der Waals surface area contributed by atoms with Crippen LogP contribution in [0.1, 0.15) is 15.9 Å². The fraction of sp³-hybridized carbons (Fsp3) is 0.167. The van der Waals surface area contributed by atoms with Crippen molar-refractivity contribution < 1.29 is 9.18 Å². The molecule has 4 rings (SSSR count). The number of hydrogen-bond donors (Lipinski definition) is 0. The van der Waals surface area contributed by atoms with Crippen LogP contribution >= 0.6 is 23.5 Å². The standard InChI is InChI=1S/C30H29ClFN3OS/c1-3-7-26(4-2)33-18-20-34(21-19-33)30(36)24-12-16-27(17-13-24)35(22-23-10-14-25(31)15-11-23)37-29-9-6-5-8-28(29)32/h3-17H,1-2,18-22H2/b26-7+. The van der Waals surface area contributed by atoms with Crippen molar-refractivity contribution in [1.29, 1.82) is 0 Å². The summed E-state index contributed by atoms with van der Waals surface area (Å²) >= 11 is 7.38. The van der Waals surface area contributed by atoms with Crippen molar-refractivity contribution in [2.75, 3.05) is 30.5 Å². The Kier molecular flexibility index (Phi) is 9.09. The molecule has 3 aromatic carbocycles. The molecule has 0 atom stereocenters. The van der Waals surface area contributed by atoms with Crippen molar-refractivity contribution in [1.82, 2.24) is 9.80 Å².